The molecule has 0 atom stereocenters. The molecule has 154 valence electrons. The van der Waals surface area contributed by atoms with Gasteiger partial charge in [0.25, 0.3) is 0 Å². The number of methoxy groups -OCH3 is 1. The third kappa shape index (κ3) is 4.72. The van der Waals surface area contributed by atoms with Crippen LogP contribution >= 0.6 is 11.6 Å². The molecule has 0 unspecified atom stereocenters. The predicted octanol–water partition coefficient (Wildman–Crippen LogP) is 5.23. The van der Waals surface area contributed by atoms with Gasteiger partial charge in [0.2, 0.25) is 0 Å². The molecule has 0 aliphatic rings. The van der Waals surface area contributed by atoms with E-state index in [-0.39, 0.29) is 12.4 Å². The first-order chi connectivity index (χ1) is 14.6. The molecule has 0 aliphatic carbocycles. The molecule has 7 heteroatoms. The number of nitrogens with zero attached hydrogens (tertiary/aromatic N) is 1. The van der Waals surface area contributed by atoms with E-state index in [1.807, 2.05) is 30.3 Å². The lowest BCUT2D eigenvalue weighted by molar-refractivity contribution is 0.284. The molecular formula is C23H21ClFN3O2. The quantitative estimate of drug-likeness (QED) is 0.405. The Morgan fingerprint density at radius 2 is 1.83 bits per heavy atom. The van der Waals surface area contributed by atoms with Crippen molar-refractivity contribution in [2.24, 2.45) is 0 Å². The highest BCUT2D eigenvalue weighted by Crippen LogP contribution is 2.34. The second-order valence-corrected chi connectivity index (χ2v) is 7.22. The molecule has 0 saturated carbocycles. The van der Waals surface area contributed by atoms with Crippen molar-refractivity contribution >= 4 is 22.6 Å². The van der Waals surface area contributed by atoms with Crippen molar-refractivity contribution in [1.29, 1.82) is 0 Å². The van der Waals surface area contributed by atoms with Crippen LogP contribution in [0.25, 0.3) is 11.0 Å². The van der Waals surface area contributed by atoms with E-state index in [1.165, 1.54) is 12.1 Å². The minimum absolute atomic E-state index is 0.279. The third-order valence-corrected chi connectivity index (χ3v) is 5.04. The van der Waals surface area contributed by atoms with Gasteiger partial charge in [-0.3, -0.25) is 0 Å². The molecule has 3 aromatic carbocycles. The number of rotatable bonds is 8. The number of halogens is 2. The minimum Gasteiger partial charge on any atom is -0.493 e. The summed E-state index contributed by atoms with van der Waals surface area (Å²) >= 11 is 6.46. The number of imidazole rings is 1. The monoisotopic (exact) mass is 425 g/mol. The van der Waals surface area contributed by atoms with Crippen LogP contribution in [0.1, 0.15) is 17.0 Å². The largest absolute Gasteiger partial charge is 0.493 e. The standard InChI is InChI=1S/C23H21ClFN3O2/c1-29-21-10-16(12-26-13-23-27-19-4-2-3-5-20(19)28-23)18(24)11-22(21)30-14-15-6-8-17(25)9-7-15/h2-11,26H,12-14H2,1H3,(H,27,28). The Bertz CT molecular complexity index is 1110. The maximum absolute atomic E-state index is 13.0. The molecule has 5 nitrogen and oxygen atoms in total. The number of benzene rings is 3. The maximum atomic E-state index is 13.0. The van der Waals surface area contributed by atoms with Crippen molar-refractivity contribution < 1.29 is 13.9 Å². The zero-order valence-electron chi connectivity index (χ0n) is 16.4. The normalized spacial score (nSPS) is 11.0. The van der Waals surface area contributed by atoms with Gasteiger partial charge in [-0.05, 0) is 41.5 Å². The van der Waals surface area contributed by atoms with Gasteiger partial charge in [0, 0.05) is 17.6 Å². The van der Waals surface area contributed by atoms with Gasteiger partial charge in [0.1, 0.15) is 18.2 Å². The molecular weight excluding hydrogens is 405 g/mol. The first-order valence-corrected chi connectivity index (χ1v) is 9.88. The number of H-pyrrole nitrogens is 1. The Morgan fingerprint density at radius 3 is 2.60 bits per heavy atom. The molecule has 0 radical (unpaired) electrons. The van der Waals surface area contributed by atoms with Crippen LogP contribution in [0.2, 0.25) is 5.02 Å². The summed E-state index contributed by atoms with van der Waals surface area (Å²) in [6.07, 6.45) is 0. The Hall–Kier alpha value is -3.09. The van der Waals surface area contributed by atoms with Gasteiger partial charge in [0.15, 0.2) is 11.5 Å². The number of ether oxygens (including phenoxy) is 2. The summed E-state index contributed by atoms with van der Waals surface area (Å²) in [5.41, 5.74) is 3.69. The summed E-state index contributed by atoms with van der Waals surface area (Å²) in [5, 5.41) is 3.91. The summed E-state index contributed by atoms with van der Waals surface area (Å²) in [6, 6.07) is 17.7. The molecule has 0 spiro atoms. The van der Waals surface area contributed by atoms with Gasteiger partial charge in [-0.25, -0.2) is 9.37 Å². The lowest BCUT2D eigenvalue weighted by Crippen LogP contribution is -2.14. The molecule has 1 heterocycles. The molecule has 4 aromatic rings. The number of aromatic nitrogens is 2. The van der Waals surface area contributed by atoms with E-state index in [0.717, 1.165) is 28.0 Å². The molecule has 0 saturated heterocycles. The third-order valence-electron chi connectivity index (χ3n) is 4.69. The molecule has 0 aliphatic heterocycles. The maximum Gasteiger partial charge on any atom is 0.163 e. The van der Waals surface area contributed by atoms with Crippen molar-refractivity contribution in [3.63, 3.8) is 0 Å². The number of para-hydroxylation sites is 2. The van der Waals surface area contributed by atoms with E-state index in [0.29, 0.717) is 29.6 Å². The molecule has 4 rings (SSSR count). The van der Waals surface area contributed by atoms with Gasteiger partial charge >= 0.3 is 0 Å². The van der Waals surface area contributed by atoms with Crippen LogP contribution in [-0.4, -0.2) is 17.1 Å². The highest BCUT2D eigenvalue weighted by atomic mass is 35.5. The van der Waals surface area contributed by atoms with E-state index in [1.54, 1.807) is 25.3 Å². The minimum atomic E-state index is -0.279. The van der Waals surface area contributed by atoms with Crippen LogP contribution < -0.4 is 14.8 Å². The Kier molecular flexibility index (Phi) is 6.16. The fourth-order valence-corrected chi connectivity index (χ4v) is 3.35. The lowest BCUT2D eigenvalue weighted by Gasteiger charge is -2.14. The number of hydrogen-bond donors (Lipinski definition) is 2. The van der Waals surface area contributed by atoms with Crippen LogP contribution in [0.4, 0.5) is 4.39 Å². The second kappa shape index (κ2) is 9.15. The molecule has 0 bridgehead atoms. The van der Waals surface area contributed by atoms with E-state index < -0.39 is 0 Å². The van der Waals surface area contributed by atoms with Gasteiger partial charge in [-0.2, -0.15) is 0 Å². The van der Waals surface area contributed by atoms with E-state index in [9.17, 15) is 4.39 Å². The second-order valence-electron chi connectivity index (χ2n) is 6.81. The average molecular weight is 426 g/mol. The Morgan fingerprint density at radius 1 is 1.03 bits per heavy atom. The van der Waals surface area contributed by atoms with Gasteiger partial charge in [-0.15, -0.1) is 0 Å². The highest BCUT2D eigenvalue weighted by molar-refractivity contribution is 6.31. The number of fused-ring (bicyclic) bond motifs is 1. The zero-order valence-corrected chi connectivity index (χ0v) is 17.2. The number of hydrogen-bond acceptors (Lipinski definition) is 4. The molecule has 30 heavy (non-hydrogen) atoms. The Labute approximate surface area is 178 Å². The van der Waals surface area contributed by atoms with Crippen LogP contribution in [0, 0.1) is 5.82 Å². The molecule has 1 aromatic heterocycles. The van der Waals surface area contributed by atoms with E-state index in [4.69, 9.17) is 21.1 Å². The Balaban J connectivity index is 1.40. The van der Waals surface area contributed by atoms with Crippen molar-refractivity contribution in [2.75, 3.05) is 7.11 Å². The number of aromatic amines is 1. The SMILES string of the molecule is COc1cc(CNCc2nc3ccccc3[nH]2)c(Cl)cc1OCc1ccc(F)cc1. The molecule has 2 N–H and O–H groups in total. The molecule has 0 amide bonds. The molecule has 0 fully saturated rings. The van der Waals surface area contributed by atoms with Crippen molar-refractivity contribution in [2.45, 2.75) is 19.7 Å². The lowest BCUT2D eigenvalue weighted by atomic mass is 10.2. The van der Waals surface area contributed by atoms with Gasteiger partial charge < -0.3 is 19.8 Å². The topological polar surface area (TPSA) is 59.2 Å². The summed E-state index contributed by atoms with van der Waals surface area (Å²) in [6.45, 7) is 1.41. The van der Waals surface area contributed by atoms with E-state index in [2.05, 4.69) is 15.3 Å². The number of nitrogens with one attached hydrogen (secondary N) is 2. The van der Waals surface area contributed by atoms with Crippen LogP contribution in [-0.2, 0) is 19.7 Å². The summed E-state index contributed by atoms with van der Waals surface area (Å²) < 4.78 is 24.3. The van der Waals surface area contributed by atoms with Crippen LogP contribution in [0.3, 0.4) is 0 Å². The first-order valence-electron chi connectivity index (χ1n) is 9.50. The van der Waals surface area contributed by atoms with Crippen molar-refractivity contribution in [3.05, 3.63) is 88.5 Å². The van der Waals surface area contributed by atoms with Gasteiger partial charge in [0.05, 0.1) is 24.7 Å². The highest BCUT2D eigenvalue weighted by Gasteiger charge is 2.11. The summed E-state index contributed by atoms with van der Waals surface area (Å²) in [4.78, 5) is 7.84. The van der Waals surface area contributed by atoms with E-state index >= 15 is 0 Å². The fourth-order valence-electron chi connectivity index (χ4n) is 3.13. The summed E-state index contributed by atoms with van der Waals surface area (Å²) in [5.74, 6) is 1.70. The van der Waals surface area contributed by atoms with Crippen molar-refractivity contribution in [3.8, 4) is 11.5 Å². The van der Waals surface area contributed by atoms with Crippen LogP contribution in [0.5, 0.6) is 11.5 Å². The van der Waals surface area contributed by atoms with Crippen LogP contribution in [0.15, 0.2) is 60.7 Å². The smallest absolute Gasteiger partial charge is 0.163 e. The average Bonchev–Trinajstić information content (AvgIpc) is 3.17. The first kappa shape index (κ1) is 20.2. The zero-order chi connectivity index (χ0) is 20.9. The predicted molar refractivity (Wildman–Crippen MR) is 115 cm³/mol. The van der Waals surface area contributed by atoms with Gasteiger partial charge in [-0.1, -0.05) is 35.9 Å². The van der Waals surface area contributed by atoms with Crippen molar-refractivity contribution in [1.82, 2.24) is 15.3 Å². The summed E-state index contributed by atoms with van der Waals surface area (Å²) in [7, 11) is 1.58. The fraction of sp³-hybridized carbons (Fsp3) is 0.174.